The Morgan fingerprint density at radius 1 is 0.971 bits per heavy atom. The topological polar surface area (TPSA) is 78.4 Å². The summed E-state index contributed by atoms with van der Waals surface area (Å²) in [6.07, 6.45) is 1.47. The Morgan fingerprint density at radius 3 is 2.46 bits per heavy atom. The third-order valence-electron chi connectivity index (χ3n) is 5.70. The number of pyridine rings is 2. The van der Waals surface area contributed by atoms with Crippen molar-refractivity contribution < 1.29 is 9.59 Å². The van der Waals surface area contributed by atoms with Crippen LogP contribution in [0.5, 0.6) is 0 Å². The fourth-order valence-corrected chi connectivity index (χ4v) is 5.09. The molecule has 0 radical (unpaired) electrons. The minimum atomic E-state index is -0.522. The highest BCUT2D eigenvalue weighted by Crippen LogP contribution is 2.38. The number of amides is 3. The van der Waals surface area contributed by atoms with E-state index in [2.05, 4.69) is 15.3 Å². The number of benzene rings is 2. The number of aromatic nitrogens is 2. The van der Waals surface area contributed by atoms with Crippen molar-refractivity contribution in [3.05, 3.63) is 87.2 Å². The van der Waals surface area contributed by atoms with E-state index in [0.29, 0.717) is 46.1 Å². The Hall–Kier alpha value is -3.39. The summed E-state index contributed by atoms with van der Waals surface area (Å²) in [6, 6.07) is 16.1. The molecule has 4 aromatic rings. The Kier molecular flexibility index (Phi) is 6.23. The van der Waals surface area contributed by atoms with Crippen LogP contribution in [0.15, 0.2) is 60.8 Å². The Morgan fingerprint density at radius 2 is 1.71 bits per heavy atom. The fourth-order valence-electron chi connectivity index (χ4n) is 4.14. The Bertz CT molecular complexity index is 1460. The minimum absolute atomic E-state index is 0.00750. The monoisotopic (exact) mass is 525 g/mol. The zero-order valence-electron chi connectivity index (χ0n) is 18.4. The molecular formula is C25H18Cl3N5O2. The molecule has 2 aromatic heterocycles. The van der Waals surface area contributed by atoms with E-state index in [9.17, 15) is 9.59 Å². The van der Waals surface area contributed by atoms with E-state index in [0.717, 1.165) is 5.69 Å². The van der Waals surface area contributed by atoms with Crippen LogP contribution in [0.3, 0.4) is 0 Å². The van der Waals surface area contributed by atoms with Crippen LogP contribution in [0, 0.1) is 6.92 Å². The van der Waals surface area contributed by atoms with Crippen LogP contribution in [-0.2, 0) is 0 Å². The number of carbonyl (C=O) groups excluding carboxylic acids is 2. The number of aryl methyl sites for hydroxylation is 1. The molecule has 0 bridgehead atoms. The number of rotatable bonds is 4. The van der Waals surface area contributed by atoms with Crippen molar-refractivity contribution in [1.29, 1.82) is 0 Å². The van der Waals surface area contributed by atoms with Gasteiger partial charge in [-0.05, 0) is 31.2 Å². The van der Waals surface area contributed by atoms with Gasteiger partial charge in [-0.3, -0.25) is 19.6 Å². The quantitative estimate of drug-likeness (QED) is 0.304. The van der Waals surface area contributed by atoms with E-state index in [4.69, 9.17) is 34.8 Å². The number of hydrogen-bond donors (Lipinski definition) is 1. The van der Waals surface area contributed by atoms with Gasteiger partial charge in [0.1, 0.15) is 5.15 Å². The molecule has 5 rings (SSSR count). The van der Waals surface area contributed by atoms with Crippen LogP contribution in [-0.4, -0.2) is 35.0 Å². The molecule has 0 saturated carbocycles. The molecule has 1 fully saturated rings. The van der Waals surface area contributed by atoms with Crippen molar-refractivity contribution in [2.75, 3.05) is 28.2 Å². The molecule has 1 saturated heterocycles. The molecule has 3 heterocycles. The molecule has 1 N–H and O–H groups in total. The average Bonchev–Trinajstić information content (AvgIpc) is 3.19. The van der Waals surface area contributed by atoms with Gasteiger partial charge in [-0.1, -0.05) is 65.1 Å². The number of halogens is 3. The second-order valence-electron chi connectivity index (χ2n) is 7.94. The summed E-state index contributed by atoms with van der Waals surface area (Å²) >= 11 is 19.0. The summed E-state index contributed by atoms with van der Waals surface area (Å²) < 4.78 is 0. The van der Waals surface area contributed by atoms with Gasteiger partial charge in [0.2, 0.25) is 0 Å². The van der Waals surface area contributed by atoms with Gasteiger partial charge in [-0.25, -0.2) is 9.78 Å². The van der Waals surface area contributed by atoms with Gasteiger partial charge in [-0.15, -0.1) is 0 Å². The highest BCUT2D eigenvalue weighted by molar-refractivity contribution is 6.40. The van der Waals surface area contributed by atoms with E-state index >= 15 is 0 Å². The van der Waals surface area contributed by atoms with Crippen LogP contribution in [0.2, 0.25) is 15.2 Å². The number of fused-ring (bicyclic) bond motifs is 1. The Balaban J connectivity index is 1.52. The first-order valence-electron chi connectivity index (χ1n) is 10.7. The van der Waals surface area contributed by atoms with Gasteiger partial charge in [0.15, 0.2) is 0 Å². The summed E-state index contributed by atoms with van der Waals surface area (Å²) in [5.41, 5.74) is 2.90. The van der Waals surface area contributed by atoms with Gasteiger partial charge in [0, 0.05) is 36.1 Å². The van der Waals surface area contributed by atoms with Gasteiger partial charge >= 0.3 is 6.03 Å². The van der Waals surface area contributed by atoms with E-state index in [1.54, 1.807) is 34.9 Å². The van der Waals surface area contributed by atoms with E-state index in [-0.39, 0.29) is 21.8 Å². The van der Waals surface area contributed by atoms with Gasteiger partial charge in [-0.2, -0.15) is 0 Å². The maximum atomic E-state index is 13.3. The lowest BCUT2D eigenvalue weighted by molar-refractivity contribution is 0.102. The summed E-state index contributed by atoms with van der Waals surface area (Å²) in [4.78, 5) is 38.2. The lowest BCUT2D eigenvalue weighted by atomic mass is 10.1. The predicted octanol–water partition coefficient (Wildman–Crippen LogP) is 6.60. The molecule has 0 spiro atoms. The van der Waals surface area contributed by atoms with Crippen molar-refractivity contribution in [3.63, 3.8) is 0 Å². The highest BCUT2D eigenvalue weighted by atomic mass is 35.5. The van der Waals surface area contributed by atoms with E-state index < -0.39 is 5.91 Å². The normalized spacial score (nSPS) is 13.5. The molecule has 35 heavy (non-hydrogen) atoms. The van der Waals surface area contributed by atoms with Crippen molar-refractivity contribution in [1.82, 2.24) is 9.97 Å². The summed E-state index contributed by atoms with van der Waals surface area (Å²) in [7, 11) is 0. The Labute approximate surface area is 216 Å². The van der Waals surface area contributed by atoms with Crippen LogP contribution in [0.4, 0.5) is 21.9 Å². The van der Waals surface area contributed by atoms with Crippen molar-refractivity contribution in [3.8, 4) is 0 Å². The number of urea groups is 1. The lowest BCUT2D eigenvalue weighted by Gasteiger charge is -2.21. The second kappa shape index (κ2) is 9.34. The molecule has 7 nitrogen and oxygen atoms in total. The van der Waals surface area contributed by atoms with Crippen LogP contribution in [0.25, 0.3) is 10.9 Å². The molecular weight excluding hydrogens is 509 g/mol. The third kappa shape index (κ3) is 4.27. The fraction of sp³-hybridized carbons (Fsp3) is 0.120. The lowest BCUT2D eigenvalue weighted by Crippen LogP contribution is -2.32. The number of nitrogens with zero attached hydrogens (tertiary/aromatic N) is 4. The minimum Gasteiger partial charge on any atom is -0.320 e. The van der Waals surface area contributed by atoms with Crippen molar-refractivity contribution in [2.45, 2.75) is 6.92 Å². The van der Waals surface area contributed by atoms with Gasteiger partial charge in [0.25, 0.3) is 5.91 Å². The largest absolute Gasteiger partial charge is 0.329 e. The van der Waals surface area contributed by atoms with E-state index in [1.165, 1.54) is 6.20 Å². The molecule has 1 aliphatic rings. The smallest absolute Gasteiger partial charge is 0.320 e. The van der Waals surface area contributed by atoms with Crippen LogP contribution in [0.1, 0.15) is 16.1 Å². The third-order valence-corrected chi connectivity index (χ3v) is 6.55. The second-order valence-corrected chi connectivity index (χ2v) is 9.12. The molecule has 0 atom stereocenters. The van der Waals surface area contributed by atoms with Crippen LogP contribution < -0.4 is 15.1 Å². The maximum Gasteiger partial charge on any atom is 0.329 e. The SMILES string of the molecule is Cc1cc(Cl)c(C(=O)Nc2cccc3c(N4CCN(c5ccccc5)C4=O)c(Cl)cnc23)c(Cl)n1. The summed E-state index contributed by atoms with van der Waals surface area (Å²) in [6.45, 7) is 2.69. The molecule has 10 heteroatoms. The van der Waals surface area contributed by atoms with Crippen molar-refractivity contribution >= 4 is 74.7 Å². The summed E-state index contributed by atoms with van der Waals surface area (Å²) in [5, 5.41) is 3.98. The summed E-state index contributed by atoms with van der Waals surface area (Å²) in [5.74, 6) is -0.522. The predicted molar refractivity (Wildman–Crippen MR) is 140 cm³/mol. The zero-order chi connectivity index (χ0) is 24.7. The molecule has 2 aromatic carbocycles. The first-order valence-corrected chi connectivity index (χ1v) is 11.8. The highest BCUT2D eigenvalue weighted by Gasteiger charge is 2.33. The van der Waals surface area contributed by atoms with Gasteiger partial charge in [0.05, 0.1) is 32.5 Å². The number of nitrogens with one attached hydrogen (secondary N) is 1. The van der Waals surface area contributed by atoms with Gasteiger partial charge < -0.3 is 5.32 Å². The molecule has 176 valence electrons. The maximum absolute atomic E-state index is 13.3. The van der Waals surface area contributed by atoms with E-state index in [1.807, 2.05) is 36.4 Å². The molecule has 0 aliphatic carbocycles. The zero-order valence-corrected chi connectivity index (χ0v) is 20.7. The van der Waals surface area contributed by atoms with Crippen LogP contribution >= 0.6 is 34.8 Å². The number of hydrogen-bond acceptors (Lipinski definition) is 4. The molecule has 3 amide bonds. The van der Waals surface area contributed by atoms with Crippen molar-refractivity contribution in [2.24, 2.45) is 0 Å². The first-order chi connectivity index (χ1) is 16.8. The first kappa shape index (κ1) is 23.4. The molecule has 1 aliphatic heterocycles. The number of anilines is 3. The standard InChI is InChI=1S/C25H18Cl3N5O2/c1-14-12-17(26)20(23(28)30-14)24(34)31-19-9-5-8-16-21(19)29-13-18(27)22(16)33-11-10-32(25(33)35)15-6-3-2-4-7-15/h2-9,12-13H,10-11H2,1H3,(H,31,34). The number of carbonyl (C=O) groups is 2. The molecule has 0 unspecified atom stereocenters. The average molecular weight is 527 g/mol. The number of para-hydroxylation sites is 2.